The third kappa shape index (κ3) is 1.84. The van der Waals surface area contributed by atoms with Gasteiger partial charge in [-0.15, -0.1) is 11.8 Å². The molecule has 1 aliphatic rings. The number of benzene rings is 1. The Balaban J connectivity index is 2.19. The molecule has 2 heterocycles. The Labute approximate surface area is 104 Å². The highest BCUT2D eigenvalue weighted by Gasteiger charge is 2.17. The Bertz CT molecular complexity index is 580. The van der Waals surface area contributed by atoms with Crippen LogP contribution in [0.15, 0.2) is 35.2 Å². The van der Waals surface area contributed by atoms with Crippen molar-refractivity contribution >= 4 is 11.8 Å². The molecular weight excluding hydrogens is 233 g/mol. The molecule has 2 aromatic rings. The summed E-state index contributed by atoms with van der Waals surface area (Å²) in [6.45, 7) is 1.99. The molecule has 0 unspecified atom stereocenters. The van der Waals surface area contributed by atoms with Crippen molar-refractivity contribution in [3.05, 3.63) is 47.4 Å². The van der Waals surface area contributed by atoms with E-state index in [0.29, 0.717) is 5.56 Å². The summed E-state index contributed by atoms with van der Waals surface area (Å²) in [6, 6.07) is 8.96. The van der Waals surface area contributed by atoms with E-state index in [1.54, 1.807) is 12.1 Å². The number of aryl methyl sites for hydroxylation is 2. The third-order valence-electron chi connectivity index (χ3n) is 2.98. The molecule has 3 heteroatoms. The van der Waals surface area contributed by atoms with E-state index in [9.17, 15) is 4.39 Å². The van der Waals surface area contributed by atoms with Crippen molar-refractivity contribution in [1.29, 1.82) is 0 Å². The predicted octanol–water partition coefficient (Wildman–Crippen LogP) is 3.84. The first-order valence-electron chi connectivity index (χ1n) is 5.64. The van der Waals surface area contributed by atoms with E-state index in [2.05, 4.69) is 11.1 Å². The fourth-order valence-corrected chi connectivity index (χ4v) is 3.20. The average Bonchev–Trinajstić information content (AvgIpc) is 2.76. The summed E-state index contributed by atoms with van der Waals surface area (Å²) in [4.78, 5) is 5.88. The van der Waals surface area contributed by atoms with Crippen molar-refractivity contribution in [2.24, 2.45) is 0 Å². The van der Waals surface area contributed by atoms with E-state index in [1.165, 1.54) is 11.0 Å². The number of halogens is 1. The summed E-state index contributed by atoms with van der Waals surface area (Å²) in [6.07, 6.45) is 0.988. The maximum atomic E-state index is 13.8. The van der Waals surface area contributed by atoms with Gasteiger partial charge in [-0.05, 0) is 30.7 Å². The quantitative estimate of drug-likeness (QED) is 0.757. The minimum atomic E-state index is -0.200. The summed E-state index contributed by atoms with van der Waals surface area (Å²) in [5.41, 5.74) is 3.54. The van der Waals surface area contributed by atoms with Crippen molar-refractivity contribution in [3.63, 3.8) is 0 Å². The van der Waals surface area contributed by atoms with Gasteiger partial charge in [-0.1, -0.05) is 12.1 Å². The molecule has 1 aromatic heterocycles. The SMILES string of the molecule is Cc1cc2c(nc1-c1ccccc1F)CCS2. The summed E-state index contributed by atoms with van der Waals surface area (Å²) in [7, 11) is 0. The van der Waals surface area contributed by atoms with Gasteiger partial charge >= 0.3 is 0 Å². The van der Waals surface area contributed by atoms with Gasteiger partial charge in [-0.25, -0.2) is 4.39 Å². The maximum Gasteiger partial charge on any atom is 0.132 e. The zero-order valence-corrected chi connectivity index (χ0v) is 10.4. The first-order chi connectivity index (χ1) is 8.25. The van der Waals surface area contributed by atoms with Gasteiger partial charge in [0, 0.05) is 22.6 Å². The van der Waals surface area contributed by atoms with E-state index in [-0.39, 0.29) is 5.82 Å². The fourth-order valence-electron chi connectivity index (χ4n) is 2.11. The zero-order valence-electron chi connectivity index (χ0n) is 9.53. The van der Waals surface area contributed by atoms with Gasteiger partial charge in [0.15, 0.2) is 0 Å². The van der Waals surface area contributed by atoms with Crippen molar-refractivity contribution in [2.75, 3.05) is 5.75 Å². The molecule has 0 radical (unpaired) electrons. The van der Waals surface area contributed by atoms with Gasteiger partial charge < -0.3 is 0 Å². The lowest BCUT2D eigenvalue weighted by atomic mass is 10.1. The number of fused-ring (bicyclic) bond motifs is 1. The Morgan fingerprint density at radius 2 is 2.12 bits per heavy atom. The smallest absolute Gasteiger partial charge is 0.132 e. The van der Waals surface area contributed by atoms with Crippen LogP contribution in [-0.4, -0.2) is 10.7 Å². The molecule has 0 bridgehead atoms. The molecule has 0 aliphatic carbocycles. The van der Waals surface area contributed by atoms with Gasteiger partial charge in [-0.3, -0.25) is 4.98 Å². The van der Waals surface area contributed by atoms with Crippen LogP contribution in [0.1, 0.15) is 11.3 Å². The first kappa shape index (κ1) is 10.8. The van der Waals surface area contributed by atoms with Crippen molar-refractivity contribution in [2.45, 2.75) is 18.2 Å². The molecule has 86 valence electrons. The average molecular weight is 245 g/mol. The van der Waals surface area contributed by atoms with E-state index in [4.69, 9.17) is 0 Å². The van der Waals surface area contributed by atoms with E-state index >= 15 is 0 Å². The number of thioether (sulfide) groups is 1. The standard InChI is InChI=1S/C14H12FNS/c1-9-8-13-12(6-7-17-13)16-14(9)10-4-2-3-5-11(10)15/h2-5,8H,6-7H2,1H3. The summed E-state index contributed by atoms with van der Waals surface area (Å²) in [5.74, 6) is 0.886. The monoisotopic (exact) mass is 245 g/mol. The molecule has 1 aliphatic heterocycles. The van der Waals surface area contributed by atoms with Gasteiger partial charge in [0.1, 0.15) is 5.82 Å². The molecule has 1 aromatic carbocycles. The fraction of sp³-hybridized carbons (Fsp3) is 0.214. The normalized spacial score (nSPS) is 13.8. The van der Waals surface area contributed by atoms with E-state index in [0.717, 1.165) is 29.1 Å². The molecular formula is C14H12FNS. The van der Waals surface area contributed by atoms with Crippen LogP contribution in [0.3, 0.4) is 0 Å². The van der Waals surface area contributed by atoms with Crippen LogP contribution in [0.25, 0.3) is 11.3 Å². The molecule has 0 atom stereocenters. The lowest BCUT2D eigenvalue weighted by Gasteiger charge is -2.08. The van der Waals surface area contributed by atoms with Crippen LogP contribution in [0.5, 0.6) is 0 Å². The highest BCUT2D eigenvalue weighted by Crippen LogP contribution is 2.34. The summed E-state index contributed by atoms with van der Waals surface area (Å²) >= 11 is 1.83. The molecule has 0 N–H and O–H groups in total. The van der Waals surface area contributed by atoms with Crippen molar-refractivity contribution in [1.82, 2.24) is 4.98 Å². The molecule has 17 heavy (non-hydrogen) atoms. The number of hydrogen-bond donors (Lipinski definition) is 0. The van der Waals surface area contributed by atoms with Gasteiger partial charge in [0.05, 0.1) is 11.4 Å². The topological polar surface area (TPSA) is 12.9 Å². The van der Waals surface area contributed by atoms with Crippen LogP contribution in [0.2, 0.25) is 0 Å². The molecule has 0 saturated carbocycles. The molecule has 0 fully saturated rings. The van der Waals surface area contributed by atoms with Gasteiger partial charge in [-0.2, -0.15) is 0 Å². The van der Waals surface area contributed by atoms with Crippen LogP contribution < -0.4 is 0 Å². The number of pyridine rings is 1. The van der Waals surface area contributed by atoms with Crippen LogP contribution in [0.4, 0.5) is 4.39 Å². The van der Waals surface area contributed by atoms with E-state index < -0.39 is 0 Å². The molecule has 1 nitrogen and oxygen atoms in total. The van der Waals surface area contributed by atoms with Crippen LogP contribution >= 0.6 is 11.8 Å². The Morgan fingerprint density at radius 1 is 1.29 bits per heavy atom. The van der Waals surface area contributed by atoms with Crippen molar-refractivity contribution in [3.8, 4) is 11.3 Å². The number of rotatable bonds is 1. The van der Waals surface area contributed by atoms with Crippen LogP contribution in [-0.2, 0) is 6.42 Å². The number of aromatic nitrogens is 1. The second kappa shape index (κ2) is 4.15. The first-order valence-corrected chi connectivity index (χ1v) is 6.62. The van der Waals surface area contributed by atoms with Gasteiger partial charge in [0.25, 0.3) is 0 Å². The van der Waals surface area contributed by atoms with Crippen LogP contribution in [0, 0.1) is 12.7 Å². The number of hydrogen-bond acceptors (Lipinski definition) is 2. The minimum absolute atomic E-state index is 0.200. The molecule has 0 spiro atoms. The lowest BCUT2D eigenvalue weighted by molar-refractivity contribution is 0.630. The Morgan fingerprint density at radius 3 is 2.94 bits per heavy atom. The Kier molecular flexibility index (Phi) is 2.63. The second-order valence-electron chi connectivity index (χ2n) is 4.18. The zero-order chi connectivity index (χ0) is 11.8. The second-order valence-corrected chi connectivity index (χ2v) is 5.31. The molecule has 3 rings (SSSR count). The lowest BCUT2D eigenvalue weighted by Crippen LogP contribution is -1.96. The third-order valence-corrected chi connectivity index (χ3v) is 4.05. The summed E-state index contributed by atoms with van der Waals surface area (Å²) in [5, 5.41) is 0. The van der Waals surface area contributed by atoms with E-state index in [1.807, 2.05) is 24.8 Å². The molecule has 0 saturated heterocycles. The van der Waals surface area contributed by atoms with Gasteiger partial charge in [0.2, 0.25) is 0 Å². The Hall–Kier alpha value is -1.35. The minimum Gasteiger partial charge on any atom is -0.251 e. The predicted molar refractivity (Wildman–Crippen MR) is 68.8 cm³/mol. The number of nitrogens with zero attached hydrogens (tertiary/aromatic N) is 1. The maximum absolute atomic E-state index is 13.8. The molecule has 0 amide bonds. The highest BCUT2D eigenvalue weighted by atomic mass is 32.2. The highest BCUT2D eigenvalue weighted by molar-refractivity contribution is 7.99. The summed E-state index contributed by atoms with van der Waals surface area (Å²) < 4.78 is 13.8. The largest absolute Gasteiger partial charge is 0.251 e. The van der Waals surface area contributed by atoms with Crippen molar-refractivity contribution < 1.29 is 4.39 Å².